The van der Waals surface area contributed by atoms with Crippen LogP contribution in [-0.2, 0) is 4.74 Å². The lowest BCUT2D eigenvalue weighted by Gasteiger charge is -2.08. The van der Waals surface area contributed by atoms with Crippen LogP contribution < -0.4 is 5.32 Å². The molecule has 0 aromatic rings. The highest BCUT2D eigenvalue weighted by Gasteiger charge is 1.94. The largest absolute Gasteiger partial charge is 0.389 e. The first kappa shape index (κ1) is 14.5. The average Bonchev–Trinajstić information content (AvgIpc) is 2.21. The predicted octanol–water partition coefficient (Wildman–Crippen LogP) is 3.34. The summed E-state index contributed by atoms with van der Waals surface area (Å²) in [6, 6.07) is 0. The molecule has 0 aromatic heterocycles. The van der Waals surface area contributed by atoms with Gasteiger partial charge in [0.05, 0.1) is 0 Å². The minimum atomic E-state index is 0.795. The van der Waals surface area contributed by atoms with E-state index >= 15 is 0 Å². The molecule has 0 aliphatic rings. The van der Waals surface area contributed by atoms with Crippen LogP contribution in [-0.4, -0.2) is 19.8 Å². The monoisotopic (exact) mass is 213 g/mol. The number of hydrogen-bond acceptors (Lipinski definition) is 2. The number of ether oxygens (including phenoxy) is 1. The standard InChI is InChI=1S/C13H27NO/c1-5-13(4)14-9-7-11-15-10-6-8-12(2)3/h12,14H,4-11H2,1-3H3. The lowest BCUT2D eigenvalue weighted by Crippen LogP contribution is -2.15. The van der Waals surface area contributed by atoms with E-state index in [4.69, 9.17) is 4.74 Å². The summed E-state index contributed by atoms with van der Waals surface area (Å²) in [6.45, 7) is 13.3. The van der Waals surface area contributed by atoms with Gasteiger partial charge in [-0.3, -0.25) is 0 Å². The fourth-order valence-corrected chi connectivity index (χ4v) is 1.26. The van der Waals surface area contributed by atoms with Crippen molar-refractivity contribution in [1.82, 2.24) is 5.32 Å². The van der Waals surface area contributed by atoms with Gasteiger partial charge in [-0.2, -0.15) is 0 Å². The quantitative estimate of drug-likeness (QED) is 0.562. The van der Waals surface area contributed by atoms with Crippen LogP contribution in [0, 0.1) is 5.92 Å². The molecule has 0 atom stereocenters. The number of nitrogens with one attached hydrogen (secondary N) is 1. The Hall–Kier alpha value is -0.500. The predicted molar refractivity (Wildman–Crippen MR) is 66.9 cm³/mol. The van der Waals surface area contributed by atoms with Crippen molar-refractivity contribution in [2.24, 2.45) is 5.92 Å². The SMILES string of the molecule is C=C(CC)NCCCOCCCC(C)C. The summed E-state index contributed by atoms with van der Waals surface area (Å²) in [7, 11) is 0. The van der Waals surface area contributed by atoms with Crippen molar-refractivity contribution < 1.29 is 4.74 Å². The summed E-state index contributed by atoms with van der Waals surface area (Å²) < 4.78 is 5.53. The Bertz CT molecular complexity index is 155. The average molecular weight is 213 g/mol. The minimum Gasteiger partial charge on any atom is -0.389 e. The second-order valence-corrected chi connectivity index (χ2v) is 4.39. The molecule has 0 fully saturated rings. The summed E-state index contributed by atoms with van der Waals surface area (Å²) in [6.07, 6.45) is 4.54. The Morgan fingerprint density at radius 2 is 1.93 bits per heavy atom. The molecule has 2 nitrogen and oxygen atoms in total. The fraction of sp³-hybridized carbons (Fsp3) is 0.846. The van der Waals surface area contributed by atoms with Gasteiger partial charge in [0, 0.05) is 25.5 Å². The van der Waals surface area contributed by atoms with Gasteiger partial charge in [-0.15, -0.1) is 0 Å². The van der Waals surface area contributed by atoms with E-state index in [0.29, 0.717) is 0 Å². The molecule has 0 spiro atoms. The van der Waals surface area contributed by atoms with Gasteiger partial charge in [0.2, 0.25) is 0 Å². The first-order valence-corrected chi connectivity index (χ1v) is 6.16. The zero-order valence-electron chi connectivity index (χ0n) is 10.6. The van der Waals surface area contributed by atoms with Gasteiger partial charge in [-0.1, -0.05) is 27.4 Å². The van der Waals surface area contributed by atoms with Gasteiger partial charge in [0.25, 0.3) is 0 Å². The molecule has 2 heteroatoms. The summed E-state index contributed by atoms with van der Waals surface area (Å²) in [4.78, 5) is 0. The number of hydrogen-bond donors (Lipinski definition) is 1. The van der Waals surface area contributed by atoms with Gasteiger partial charge in [0.15, 0.2) is 0 Å². The molecular formula is C13H27NO. The van der Waals surface area contributed by atoms with E-state index in [2.05, 4.69) is 32.7 Å². The molecule has 0 aromatic carbocycles. The Kier molecular flexibility index (Phi) is 9.70. The first-order valence-electron chi connectivity index (χ1n) is 6.16. The molecule has 0 saturated heterocycles. The minimum absolute atomic E-state index is 0.795. The van der Waals surface area contributed by atoms with Gasteiger partial charge in [-0.25, -0.2) is 0 Å². The van der Waals surface area contributed by atoms with E-state index in [9.17, 15) is 0 Å². The van der Waals surface area contributed by atoms with Gasteiger partial charge < -0.3 is 10.1 Å². The van der Waals surface area contributed by atoms with E-state index in [1.54, 1.807) is 0 Å². The maximum Gasteiger partial charge on any atom is 0.0482 e. The number of allylic oxidation sites excluding steroid dienone is 1. The zero-order chi connectivity index (χ0) is 11.5. The summed E-state index contributed by atoms with van der Waals surface area (Å²) >= 11 is 0. The Balaban J connectivity index is 3.02. The topological polar surface area (TPSA) is 21.3 Å². The van der Waals surface area contributed by atoms with E-state index in [1.807, 2.05) is 0 Å². The molecule has 0 heterocycles. The van der Waals surface area contributed by atoms with Crippen molar-refractivity contribution in [3.05, 3.63) is 12.3 Å². The van der Waals surface area contributed by atoms with E-state index in [0.717, 1.165) is 44.2 Å². The number of rotatable bonds is 10. The summed E-state index contributed by atoms with van der Waals surface area (Å²) in [5.74, 6) is 0.795. The third-order valence-corrected chi connectivity index (χ3v) is 2.34. The van der Waals surface area contributed by atoms with E-state index in [1.165, 1.54) is 12.8 Å². The van der Waals surface area contributed by atoms with Crippen LogP contribution in [0.2, 0.25) is 0 Å². The lowest BCUT2D eigenvalue weighted by molar-refractivity contribution is 0.126. The molecule has 0 radical (unpaired) electrons. The fourth-order valence-electron chi connectivity index (χ4n) is 1.26. The molecule has 1 N–H and O–H groups in total. The van der Waals surface area contributed by atoms with Gasteiger partial charge in [-0.05, 0) is 31.6 Å². The van der Waals surface area contributed by atoms with Crippen LogP contribution in [0.25, 0.3) is 0 Å². The smallest absolute Gasteiger partial charge is 0.0482 e. The normalized spacial score (nSPS) is 10.7. The third-order valence-electron chi connectivity index (χ3n) is 2.34. The van der Waals surface area contributed by atoms with Crippen LogP contribution in [0.1, 0.15) is 46.5 Å². The van der Waals surface area contributed by atoms with Crippen molar-refractivity contribution in [3.63, 3.8) is 0 Å². The zero-order valence-corrected chi connectivity index (χ0v) is 10.6. The molecular weight excluding hydrogens is 186 g/mol. The molecule has 0 saturated carbocycles. The maximum atomic E-state index is 5.53. The molecule has 0 aliphatic heterocycles. The Labute approximate surface area is 95.1 Å². The lowest BCUT2D eigenvalue weighted by atomic mass is 10.1. The highest BCUT2D eigenvalue weighted by atomic mass is 16.5. The first-order chi connectivity index (χ1) is 7.16. The Morgan fingerprint density at radius 3 is 2.53 bits per heavy atom. The second-order valence-electron chi connectivity index (χ2n) is 4.39. The van der Waals surface area contributed by atoms with Crippen LogP contribution in [0.5, 0.6) is 0 Å². The van der Waals surface area contributed by atoms with Crippen LogP contribution >= 0.6 is 0 Å². The molecule has 0 amide bonds. The van der Waals surface area contributed by atoms with Crippen LogP contribution in [0.3, 0.4) is 0 Å². The Morgan fingerprint density at radius 1 is 1.27 bits per heavy atom. The molecule has 0 rings (SSSR count). The summed E-state index contributed by atoms with van der Waals surface area (Å²) in [5.41, 5.74) is 1.12. The van der Waals surface area contributed by atoms with Crippen molar-refractivity contribution in [3.8, 4) is 0 Å². The maximum absolute atomic E-state index is 5.53. The van der Waals surface area contributed by atoms with E-state index < -0.39 is 0 Å². The van der Waals surface area contributed by atoms with E-state index in [-0.39, 0.29) is 0 Å². The summed E-state index contributed by atoms with van der Waals surface area (Å²) in [5, 5.41) is 3.27. The second kappa shape index (κ2) is 10.0. The molecule has 0 bridgehead atoms. The highest BCUT2D eigenvalue weighted by Crippen LogP contribution is 2.03. The van der Waals surface area contributed by atoms with Crippen molar-refractivity contribution in [1.29, 1.82) is 0 Å². The van der Waals surface area contributed by atoms with Crippen molar-refractivity contribution in [2.45, 2.75) is 46.5 Å². The molecule has 0 aliphatic carbocycles. The molecule has 15 heavy (non-hydrogen) atoms. The third kappa shape index (κ3) is 11.4. The highest BCUT2D eigenvalue weighted by molar-refractivity contribution is 4.88. The van der Waals surface area contributed by atoms with Gasteiger partial charge in [0.1, 0.15) is 0 Å². The molecule has 0 unspecified atom stereocenters. The van der Waals surface area contributed by atoms with Crippen LogP contribution in [0.4, 0.5) is 0 Å². The van der Waals surface area contributed by atoms with Crippen molar-refractivity contribution >= 4 is 0 Å². The van der Waals surface area contributed by atoms with Crippen molar-refractivity contribution in [2.75, 3.05) is 19.8 Å². The van der Waals surface area contributed by atoms with Gasteiger partial charge >= 0.3 is 0 Å². The van der Waals surface area contributed by atoms with Crippen LogP contribution in [0.15, 0.2) is 12.3 Å². The molecule has 90 valence electrons.